The molecule has 4 rings (SSSR count). The van der Waals surface area contributed by atoms with Crippen molar-refractivity contribution in [3.8, 4) is 11.8 Å². The minimum absolute atomic E-state index is 0.0102. The van der Waals surface area contributed by atoms with Gasteiger partial charge in [-0.2, -0.15) is 5.26 Å². The van der Waals surface area contributed by atoms with E-state index in [9.17, 15) is 28.4 Å². The van der Waals surface area contributed by atoms with Gasteiger partial charge >= 0.3 is 0 Å². The molecule has 1 aliphatic rings. The summed E-state index contributed by atoms with van der Waals surface area (Å²) in [5.74, 6) is -4.81. The van der Waals surface area contributed by atoms with Gasteiger partial charge in [0.25, 0.3) is 17.7 Å². The van der Waals surface area contributed by atoms with E-state index in [4.69, 9.17) is 4.74 Å². The first-order valence-electron chi connectivity index (χ1n) is 11.5. The number of aromatic nitrogens is 1. The summed E-state index contributed by atoms with van der Waals surface area (Å²) in [4.78, 5) is 43.4. The third-order valence-corrected chi connectivity index (χ3v) is 6.17. The number of nitriles is 1. The normalized spacial score (nSPS) is 17.8. The Hall–Kier alpha value is -4.85. The molecule has 1 atom stereocenters. The smallest absolute Gasteiger partial charge is 0.269 e. The molecule has 2 aromatic carbocycles. The molecule has 11 heteroatoms. The van der Waals surface area contributed by atoms with Crippen LogP contribution in [0.5, 0.6) is 5.75 Å². The predicted molar refractivity (Wildman–Crippen MR) is 133 cm³/mol. The first-order chi connectivity index (χ1) is 18.2. The van der Waals surface area contributed by atoms with Crippen LogP contribution in [0.4, 0.5) is 14.5 Å². The van der Waals surface area contributed by atoms with Crippen molar-refractivity contribution >= 4 is 23.4 Å². The van der Waals surface area contributed by atoms with Crippen LogP contribution >= 0.6 is 0 Å². The molecule has 1 saturated heterocycles. The van der Waals surface area contributed by atoms with Crippen LogP contribution in [0.3, 0.4) is 0 Å². The van der Waals surface area contributed by atoms with Crippen molar-refractivity contribution < 1.29 is 27.9 Å². The second kappa shape index (κ2) is 10.6. The van der Waals surface area contributed by atoms with Gasteiger partial charge in [-0.3, -0.25) is 19.4 Å². The number of pyridine rings is 1. The first kappa shape index (κ1) is 26.2. The zero-order valence-corrected chi connectivity index (χ0v) is 20.3. The van der Waals surface area contributed by atoms with Gasteiger partial charge in [0, 0.05) is 11.8 Å². The molecule has 0 saturated carbocycles. The maximum atomic E-state index is 14.5. The number of rotatable bonds is 7. The zero-order valence-electron chi connectivity index (χ0n) is 20.3. The molecule has 0 aliphatic carbocycles. The summed E-state index contributed by atoms with van der Waals surface area (Å²) in [5, 5.41) is 14.9. The Labute approximate surface area is 217 Å². The molecule has 194 valence electrons. The fourth-order valence-electron chi connectivity index (χ4n) is 4.30. The molecule has 0 bridgehead atoms. The maximum absolute atomic E-state index is 14.5. The van der Waals surface area contributed by atoms with E-state index in [1.54, 1.807) is 42.5 Å². The van der Waals surface area contributed by atoms with Crippen LogP contribution in [0.1, 0.15) is 32.7 Å². The number of carbonyl (C=O) groups excluding carboxylic acids is 3. The predicted octanol–water partition coefficient (Wildman–Crippen LogP) is 3.36. The fraction of sp³-hybridized carbons (Fsp3) is 0.222. The fourth-order valence-corrected chi connectivity index (χ4v) is 4.30. The van der Waals surface area contributed by atoms with Crippen LogP contribution < -0.4 is 15.4 Å². The Morgan fingerprint density at radius 1 is 1.08 bits per heavy atom. The highest BCUT2D eigenvalue weighted by Gasteiger charge is 2.58. The average Bonchev–Trinajstić information content (AvgIpc) is 3.24. The highest BCUT2D eigenvalue weighted by atomic mass is 19.3. The van der Waals surface area contributed by atoms with E-state index in [-0.39, 0.29) is 16.8 Å². The second-order valence-corrected chi connectivity index (χ2v) is 8.64. The van der Waals surface area contributed by atoms with Crippen molar-refractivity contribution in [2.45, 2.75) is 17.9 Å². The van der Waals surface area contributed by atoms with Crippen molar-refractivity contribution in [2.24, 2.45) is 0 Å². The van der Waals surface area contributed by atoms with Crippen LogP contribution in [0.15, 0.2) is 73.1 Å². The molecule has 3 amide bonds. The van der Waals surface area contributed by atoms with E-state index in [2.05, 4.69) is 15.6 Å². The number of amides is 3. The highest BCUT2D eigenvalue weighted by molar-refractivity contribution is 6.09. The lowest BCUT2D eigenvalue weighted by molar-refractivity contribution is -0.133. The largest absolute Gasteiger partial charge is 0.497 e. The minimum atomic E-state index is -3.28. The molecule has 1 aliphatic heterocycles. The molecular weight excluding hydrogens is 496 g/mol. The molecule has 1 aromatic heterocycles. The number of hydrogen-bond acceptors (Lipinski definition) is 6. The Balaban J connectivity index is 1.48. The van der Waals surface area contributed by atoms with Crippen molar-refractivity contribution in [1.29, 1.82) is 5.26 Å². The van der Waals surface area contributed by atoms with E-state index < -0.39 is 48.7 Å². The Kier molecular flexibility index (Phi) is 7.34. The Bertz CT molecular complexity index is 1390. The van der Waals surface area contributed by atoms with Crippen molar-refractivity contribution in [3.63, 3.8) is 0 Å². The van der Waals surface area contributed by atoms with Crippen molar-refractivity contribution in [2.75, 3.05) is 25.5 Å². The lowest BCUT2D eigenvalue weighted by Gasteiger charge is -2.32. The SMILES string of the molecule is COc1ccc(C(=O)Nc2cnccc2C(=O)NCC(=O)N2CC(F)(F)C[C@]2(C#N)c2ccccc2)cc1. The van der Waals surface area contributed by atoms with Crippen LogP contribution in [-0.4, -0.2) is 53.7 Å². The van der Waals surface area contributed by atoms with Gasteiger partial charge < -0.3 is 20.3 Å². The van der Waals surface area contributed by atoms with E-state index in [0.29, 0.717) is 11.3 Å². The summed E-state index contributed by atoms with van der Waals surface area (Å²) in [6.07, 6.45) is 1.75. The molecule has 2 heterocycles. The topological polar surface area (TPSA) is 124 Å². The number of nitrogens with one attached hydrogen (secondary N) is 2. The van der Waals surface area contributed by atoms with Crippen LogP contribution in [-0.2, 0) is 10.3 Å². The van der Waals surface area contributed by atoms with Crippen LogP contribution in [0, 0.1) is 11.3 Å². The minimum Gasteiger partial charge on any atom is -0.497 e. The van der Waals surface area contributed by atoms with Crippen molar-refractivity contribution in [1.82, 2.24) is 15.2 Å². The molecule has 0 spiro atoms. The molecule has 0 radical (unpaired) electrons. The van der Waals surface area contributed by atoms with Gasteiger partial charge in [-0.1, -0.05) is 30.3 Å². The highest BCUT2D eigenvalue weighted by Crippen LogP contribution is 2.45. The monoisotopic (exact) mass is 519 g/mol. The van der Waals surface area contributed by atoms with Crippen LogP contribution in [0.25, 0.3) is 0 Å². The number of anilines is 1. The third-order valence-electron chi connectivity index (χ3n) is 6.17. The molecule has 38 heavy (non-hydrogen) atoms. The molecule has 3 aromatic rings. The summed E-state index contributed by atoms with van der Waals surface area (Å²) in [6.45, 7) is -1.60. The van der Waals surface area contributed by atoms with Gasteiger partial charge in [0.2, 0.25) is 5.91 Å². The number of benzene rings is 2. The lowest BCUT2D eigenvalue weighted by Crippen LogP contribution is -2.48. The first-order valence-corrected chi connectivity index (χ1v) is 11.5. The van der Waals surface area contributed by atoms with E-state index >= 15 is 0 Å². The molecule has 2 N–H and O–H groups in total. The molecule has 1 fully saturated rings. The van der Waals surface area contributed by atoms with Gasteiger partial charge in [0.1, 0.15) is 5.75 Å². The van der Waals surface area contributed by atoms with Crippen LogP contribution in [0.2, 0.25) is 0 Å². The summed E-state index contributed by atoms with van der Waals surface area (Å²) in [7, 11) is 1.50. The third kappa shape index (κ3) is 5.29. The number of methoxy groups -OCH3 is 1. The summed E-state index contributed by atoms with van der Waals surface area (Å²) < 4.78 is 34.0. The molecule has 9 nitrogen and oxygen atoms in total. The molecular formula is C27H23F2N5O4. The number of hydrogen-bond donors (Lipinski definition) is 2. The standard InChI is InChI=1S/C27H23F2N5O4/c1-38-20-9-7-18(8-10-20)24(36)33-22-13-31-12-11-21(22)25(37)32-14-23(35)34-17-27(28,29)15-26(34,16-30)19-5-3-2-4-6-19/h2-13H,14-15,17H2,1H3,(H,32,37)(H,33,36)/t26-/m0/s1. The number of carbonyl (C=O) groups is 3. The van der Waals surface area contributed by atoms with E-state index in [1.807, 2.05) is 6.07 Å². The number of alkyl halides is 2. The molecule has 0 unspecified atom stereocenters. The second-order valence-electron chi connectivity index (χ2n) is 8.64. The number of ether oxygens (including phenoxy) is 1. The van der Waals surface area contributed by atoms with Gasteiger partial charge in [0.15, 0.2) is 5.54 Å². The Morgan fingerprint density at radius 2 is 1.79 bits per heavy atom. The quantitative estimate of drug-likeness (QED) is 0.493. The Morgan fingerprint density at radius 3 is 2.45 bits per heavy atom. The van der Waals surface area contributed by atoms with E-state index in [1.165, 1.54) is 37.7 Å². The van der Waals surface area contributed by atoms with Gasteiger partial charge in [-0.15, -0.1) is 0 Å². The van der Waals surface area contributed by atoms with Gasteiger partial charge in [-0.25, -0.2) is 8.78 Å². The lowest BCUT2D eigenvalue weighted by atomic mass is 9.88. The zero-order chi connectivity index (χ0) is 27.3. The summed E-state index contributed by atoms with van der Waals surface area (Å²) in [6, 6.07) is 17.4. The summed E-state index contributed by atoms with van der Waals surface area (Å²) in [5.41, 5.74) is -1.21. The van der Waals surface area contributed by atoms with Gasteiger partial charge in [-0.05, 0) is 35.9 Å². The van der Waals surface area contributed by atoms with Crippen molar-refractivity contribution in [3.05, 3.63) is 89.7 Å². The van der Waals surface area contributed by atoms with E-state index in [0.717, 1.165) is 4.90 Å². The summed E-state index contributed by atoms with van der Waals surface area (Å²) >= 11 is 0. The average molecular weight is 520 g/mol. The number of nitrogens with zero attached hydrogens (tertiary/aromatic N) is 3. The number of likely N-dealkylation sites (tertiary alicyclic amines) is 1. The maximum Gasteiger partial charge on any atom is 0.269 e. The number of halogens is 2. The van der Waals surface area contributed by atoms with Gasteiger partial charge in [0.05, 0.1) is 50.1 Å².